The highest BCUT2D eigenvalue weighted by atomic mass is 16.2. The van der Waals surface area contributed by atoms with Crippen LogP contribution in [0.3, 0.4) is 0 Å². The predicted octanol–water partition coefficient (Wildman–Crippen LogP) is 3.81. The largest absolute Gasteiger partial charge is 0.326 e. The molecule has 2 aromatic rings. The van der Waals surface area contributed by atoms with Gasteiger partial charge in [-0.05, 0) is 54.5 Å². The van der Waals surface area contributed by atoms with E-state index in [0.717, 1.165) is 24.2 Å². The summed E-state index contributed by atoms with van der Waals surface area (Å²) in [7, 11) is 0. The van der Waals surface area contributed by atoms with Gasteiger partial charge >= 0.3 is 0 Å². The maximum atomic E-state index is 12.1. The smallest absolute Gasteiger partial charge is 0.248 e. The number of hydrogen-bond acceptors (Lipinski definition) is 3. The molecular weight excluding hydrogens is 354 g/mol. The van der Waals surface area contributed by atoms with Gasteiger partial charge in [0.2, 0.25) is 17.7 Å². The second-order valence-electron chi connectivity index (χ2n) is 6.54. The van der Waals surface area contributed by atoms with Gasteiger partial charge in [-0.3, -0.25) is 14.4 Å². The van der Waals surface area contributed by atoms with Gasteiger partial charge in [-0.25, -0.2) is 0 Å². The van der Waals surface area contributed by atoms with Crippen molar-refractivity contribution >= 4 is 40.9 Å². The van der Waals surface area contributed by atoms with Crippen LogP contribution in [-0.2, 0) is 14.4 Å². The molecule has 2 aromatic carbocycles. The van der Waals surface area contributed by atoms with Crippen molar-refractivity contribution in [2.45, 2.75) is 26.2 Å². The SMILES string of the molecule is CCC(=O)Nc1ccc(NC(=O)C=Cc2ccc(N3CCCC3=O)cc2)cc1. The van der Waals surface area contributed by atoms with E-state index in [0.29, 0.717) is 24.2 Å². The minimum Gasteiger partial charge on any atom is -0.326 e. The Morgan fingerprint density at radius 2 is 1.64 bits per heavy atom. The molecule has 144 valence electrons. The Labute approximate surface area is 164 Å². The first-order valence-corrected chi connectivity index (χ1v) is 9.34. The van der Waals surface area contributed by atoms with Crippen molar-refractivity contribution in [3.05, 3.63) is 60.2 Å². The van der Waals surface area contributed by atoms with E-state index in [4.69, 9.17) is 0 Å². The second kappa shape index (κ2) is 8.99. The number of carbonyl (C=O) groups excluding carboxylic acids is 3. The van der Waals surface area contributed by atoms with Gasteiger partial charge in [0.15, 0.2) is 0 Å². The summed E-state index contributed by atoms with van der Waals surface area (Å²) in [5.41, 5.74) is 3.10. The van der Waals surface area contributed by atoms with Crippen molar-refractivity contribution in [1.29, 1.82) is 0 Å². The van der Waals surface area contributed by atoms with E-state index in [-0.39, 0.29) is 17.7 Å². The minimum absolute atomic E-state index is 0.0557. The van der Waals surface area contributed by atoms with Crippen LogP contribution in [-0.4, -0.2) is 24.3 Å². The molecule has 1 heterocycles. The molecule has 1 fully saturated rings. The zero-order chi connectivity index (χ0) is 19.9. The topological polar surface area (TPSA) is 78.5 Å². The highest BCUT2D eigenvalue weighted by Gasteiger charge is 2.21. The molecule has 0 saturated carbocycles. The fraction of sp³-hybridized carbons (Fsp3) is 0.227. The van der Waals surface area contributed by atoms with Gasteiger partial charge in [0.1, 0.15) is 0 Å². The molecule has 0 aliphatic carbocycles. The number of amides is 3. The second-order valence-corrected chi connectivity index (χ2v) is 6.54. The standard InChI is InChI=1S/C22H23N3O3/c1-2-20(26)23-17-8-10-18(11-9-17)24-21(27)14-7-16-5-12-19(13-6-16)25-15-3-4-22(25)28/h5-14H,2-4,15H2,1H3,(H,23,26)(H,24,27). The zero-order valence-corrected chi connectivity index (χ0v) is 15.8. The molecule has 3 rings (SSSR count). The number of anilines is 3. The van der Waals surface area contributed by atoms with Gasteiger partial charge in [-0.1, -0.05) is 19.1 Å². The summed E-state index contributed by atoms with van der Waals surface area (Å²) in [4.78, 5) is 37.0. The molecule has 0 radical (unpaired) electrons. The number of nitrogens with zero attached hydrogens (tertiary/aromatic N) is 1. The van der Waals surface area contributed by atoms with E-state index < -0.39 is 0 Å². The maximum absolute atomic E-state index is 12.1. The molecule has 0 bridgehead atoms. The third-order valence-corrected chi connectivity index (χ3v) is 4.46. The molecule has 1 saturated heterocycles. The van der Waals surface area contributed by atoms with Crippen LogP contribution in [0.5, 0.6) is 0 Å². The van der Waals surface area contributed by atoms with Crippen molar-refractivity contribution in [2.75, 3.05) is 22.1 Å². The number of rotatable bonds is 6. The van der Waals surface area contributed by atoms with Gasteiger partial charge in [-0.15, -0.1) is 0 Å². The van der Waals surface area contributed by atoms with Crippen LogP contribution in [0.15, 0.2) is 54.6 Å². The van der Waals surface area contributed by atoms with Crippen molar-refractivity contribution in [2.24, 2.45) is 0 Å². The first-order chi connectivity index (χ1) is 13.5. The number of nitrogens with one attached hydrogen (secondary N) is 2. The van der Waals surface area contributed by atoms with Crippen molar-refractivity contribution in [3.63, 3.8) is 0 Å². The Balaban J connectivity index is 1.54. The highest BCUT2D eigenvalue weighted by molar-refractivity contribution is 6.02. The van der Waals surface area contributed by atoms with Crippen LogP contribution >= 0.6 is 0 Å². The Morgan fingerprint density at radius 1 is 1.00 bits per heavy atom. The van der Waals surface area contributed by atoms with Gasteiger partial charge in [-0.2, -0.15) is 0 Å². The maximum Gasteiger partial charge on any atom is 0.248 e. The molecular formula is C22H23N3O3. The lowest BCUT2D eigenvalue weighted by Crippen LogP contribution is -2.23. The number of hydrogen-bond donors (Lipinski definition) is 2. The summed E-state index contributed by atoms with van der Waals surface area (Å²) in [6, 6.07) is 14.5. The fourth-order valence-electron chi connectivity index (χ4n) is 2.93. The van der Waals surface area contributed by atoms with E-state index in [1.807, 2.05) is 24.3 Å². The number of carbonyl (C=O) groups is 3. The molecule has 28 heavy (non-hydrogen) atoms. The van der Waals surface area contributed by atoms with Crippen LogP contribution in [0.2, 0.25) is 0 Å². The van der Waals surface area contributed by atoms with Gasteiger partial charge in [0.05, 0.1) is 0 Å². The summed E-state index contributed by atoms with van der Waals surface area (Å²) in [6.07, 6.45) is 5.10. The summed E-state index contributed by atoms with van der Waals surface area (Å²) in [5, 5.41) is 5.53. The molecule has 0 atom stereocenters. The molecule has 2 N–H and O–H groups in total. The lowest BCUT2D eigenvalue weighted by molar-refractivity contribution is -0.117. The molecule has 1 aliphatic heterocycles. The summed E-state index contributed by atoms with van der Waals surface area (Å²) in [5.74, 6) is -0.146. The van der Waals surface area contributed by atoms with E-state index in [2.05, 4.69) is 10.6 Å². The minimum atomic E-state index is -0.246. The van der Waals surface area contributed by atoms with Gasteiger partial charge in [0, 0.05) is 42.5 Å². The third-order valence-electron chi connectivity index (χ3n) is 4.46. The van der Waals surface area contributed by atoms with Crippen LogP contribution < -0.4 is 15.5 Å². The van der Waals surface area contributed by atoms with Gasteiger partial charge < -0.3 is 15.5 Å². The third kappa shape index (κ3) is 5.07. The first kappa shape index (κ1) is 19.4. The fourth-order valence-corrected chi connectivity index (χ4v) is 2.93. The zero-order valence-electron chi connectivity index (χ0n) is 15.8. The highest BCUT2D eigenvalue weighted by Crippen LogP contribution is 2.22. The van der Waals surface area contributed by atoms with Gasteiger partial charge in [0.25, 0.3) is 0 Å². The van der Waals surface area contributed by atoms with Crippen molar-refractivity contribution in [1.82, 2.24) is 0 Å². The average Bonchev–Trinajstić information content (AvgIpc) is 3.14. The van der Waals surface area contributed by atoms with E-state index in [1.54, 1.807) is 42.2 Å². The Kier molecular flexibility index (Phi) is 6.22. The molecule has 6 heteroatoms. The van der Waals surface area contributed by atoms with Crippen molar-refractivity contribution < 1.29 is 14.4 Å². The Morgan fingerprint density at radius 3 is 2.21 bits per heavy atom. The summed E-state index contributed by atoms with van der Waals surface area (Å²) < 4.78 is 0. The van der Waals surface area contributed by atoms with Crippen LogP contribution in [0, 0.1) is 0 Å². The Bertz CT molecular complexity index is 886. The van der Waals surface area contributed by atoms with E-state index >= 15 is 0 Å². The lowest BCUT2D eigenvalue weighted by Gasteiger charge is -2.15. The number of benzene rings is 2. The molecule has 0 aromatic heterocycles. The molecule has 1 aliphatic rings. The Hall–Kier alpha value is -3.41. The average molecular weight is 377 g/mol. The molecule has 6 nitrogen and oxygen atoms in total. The monoisotopic (exact) mass is 377 g/mol. The summed E-state index contributed by atoms with van der Waals surface area (Å²) in [6.45, 7) is 2.55. The van der Waals surface area contributed by atoms with E-state index in [9.17, 15) is 14.4 Å². The molecule has 3 amide bonds. The van der Waals surface area contributed by atoms with Crippen LogP contribution in [0.25, 0.3) is 6.08 Å². The lowest BCUT2D eigenvalue weighted by atomic mass is 10.2. The van der Waals surface area contributed by atoms with Crippen LogP contribution in [0.4, 0.5) is 17.1 Å². The van der Waals surface area contributed by atoms with E-state index in [1.165, 1.54) is 6.08 Å². The predicted molar refractivity (Wildman–Crippen MR) is 111 cm³/mol. The summed E-state index contributed by atoms with van der Waals surface area (Å²) >= 11 is 0. The van der Waals surface area contributed by atoms with Crippen molar-refractivity contribution in [3.8, 4) is 0 Å². The molecule has 0 unspecified atom stereocenters. The first-order valence-electron chi connectivity index (χ1n) is 9.34. The van der Waals surface area contributed by atoms with Crippen LogP contribution in [0.1, 0.15) is 31.7 Å². The molecule has 0 spiro atoms. The normalized spacial score (nSPS) is 13.8. The quantitative estimate of drug-likeness (QED) is 0.752.